The predicted molar refractivity (Wildman–Crippen MR) is 56.3 cm³/mol. The molecule has 0 aliphatic heterocycles. The van der Waals surface area contributed by atoms with Gasteiger partial charge >= 0.3 is 0 Å². The van der Waals surface area contributed by atoms with Crippen molar-refractivity contribution in [2.75, 3.05) is 24.2 Å². The maximum absolute atomic E-state index is 5.49. The molecule has 0 aromatic carbocycles. The highest BCUT2D eigenvalue weighted by atomic mass is 16.5. The molecular formula is C9H14N4O. The Morgan fingerprint density at radius 2 is 2.43 bits per heavy atom. The zero-order valence-electron chi connectivity index (χ0n) is 8.16. The first-order valence-corrected chi connectivity index (χ1v) is 4.38. The van der Waals surface area contributed by atoms with E-state index in [2.05, 4.69) is 21.9 Å². The number of hydrogen-bond donors (Lipinski definition) is 2. The lowest BCUT2D eigenvalue weighted by molar-refractivity contribution is 0.349. The van der Waals surface area contributed by atoms with E-state index >= 15 is 0 Å². The normalized spacial score (nSPS) is 9.50. The van der Waals surface area contributed by atoms with E-state index in [1.54, 1.807) is 12.1 Å². The smallest absolute Gasteiger partial charge is 0.225 e. The van der Waals surface area contributed by atoms with Gasteiger partial charge in [0.05, 0.1) is 0 Å². The number of hydrogen-bond acceptors (Lipinski definition) is 5. The van der Waals surface area contributed by atoms with E-state index in [1.165, 1.54) is 0 Å². The van der Waals surface area contributed by atoms with Gasteiger partial charge in [0.2, 0.25) is 11.8 Å². The summed E-state index contributed by atoms with van der Waals surface area (Å²) in [6.45, 7) is 6.70. The first-order chi connectivity index (χ1) is 6.76. The summed E-state index contributed by atoms with van der Waals surface area (Å²) in [7, 11) is 0. The number of nitrogens with two attached hydrogens (primary N) is 1. The summed E-state index contributed by atoms with van der Waals surface area (Å²) in [5, 5.41) is 3.03. The number of nitrogens with one attached hydrogen (secondary N) is 1. The molecule has 0 saturated carbocycles. The van der Waals surface area contributed by atoms with Crippen LogP contribution in [-0.2, 0) is 0 Å². The van der Waals surface area contributed by atoms with Crippen molar-refractivity contribution in [3.63, 3.8) is 0 Å². The van der Waals surface area contributed by atoms with Crippen LogP contribution < -0.4 is 15.8 Å². The van der Waals surface area contributed by atoms with Crippen molar-refractivity contribution in [2.45, 2.75) is 6.92 Å². The van der Waals surface area contributed by atoms with Gasteiger partial charge in [0.1, 0.15) is 12.4 Å². The van der Waals surface area contributed by atoms with Crippen molar-refractivity contribution in [2.24, 2.45) is 0 Å². The largest absolute Gasteiger partial charge is 0.473 e. The second-order valence-corrected chi connectivity index (χ2v) is 2.58. The van der Waals surface area contributed by atoms with Gasteiger partial charge in [-0.25, -0.2) is 0 Å². The molecule has 0 saturated heterocycles. The monoisotopic (exact) mass is 194 g/mol. The van der Waals surface area contributed by atoms with Crippen LogP contribution in [-0.4, -0.2) is 23.1 Å². The number of nitrogens with zero attached hydrogens (tertiary/aromatic N) is 2. The van der Waals surface area contributed by atoms with Gasteiger partial charge < -0.3 is 15.8 Å². The molecule has 1 rings (SSSR count). The third-order valence-corrected chi connectivity index (χ3v) is 1.43. The minimum atomic E-state index is 0.197. The molecule has 5 heteroatoms. The van der Waals surface area contributed by atoms with Crippen molar-refractivity contribution >= 4 is 11.8 Å². The van der Waals surface area contributed by atoms with Gasteiger partial charge in [-0.2, -0.15) is 9.97 Å². The van der Waals surface area contributed by atoms with Gasteiger partial charge in [-0.3, -0.25) is 0 Å². The molecule has 0 bridgehead atoms. The van der Waals surface area contributed by atoms with Crippen LogP contribution in [0.1, 0.15) is 6.92 Å². The lowest BCUT2D eigenvalue weighted by Crippen LogP contribution is -2.05. The molecule has 0 aliphatic carbocycles. The molecular weight excluding hydrogens is 180 g/mol. The highest BCUT2D eigenvalue weighted by Gasteiger charge is 2.01. The van der Waals surface area contributed by atoms with E-state index in [9.17, 15) is 0 Å². The Balaban J connectivity index is 2.77. The molecule has 0 radical (unpaired) electrons. The Bertz CT molecular complexity index is 314. The van der Waals surface area contributed by atoms with E-state index in [0.717, 1.165) is 6.54 Å². The molecule has 0 spiro atoms. The van der Waals surface area contributed by atoms with Gasteiger partial charge in [0.25, 0.3) is 0 Å². The van der Waals surface area contributed by atoms with Gasteiger partial charge in [-0.1, -0.05) is 12.7 Å². The summed E-state index contributed by atoms with van der Waals surface area (Å²) >= 11 is 0. The maximum atomic E-state index is 5.49. The summed E-state index contributed by atoms with van der Waals surface area (Å²) in [4.78, 5) is 7.89. The van der Waals surface area contributed by atoms with Crippen LogP contribution in [0.5, 0.6) is 5.88 Å². The molecule has 0 atom stereocenters. The highest BCUT2D eigenvalue weighted by molar-refractivity contribution is 5.42. The van der Waals surface area contributed by atoms with Crippen molar-refractivity contribution in [3.05, 3.63) is 18.7 Å². The Hall–Kier alpha value is -1.78. The van der Waals surface area contributed by atoms with Crippen LogP contribution in [0.15, 0.2) is 18.7 Å². The van der Waals surface area contributed by atoms with Gasteiger partial charge in [0.15, 0.2) is 0 Å². The van der Waals surface area contributed by atoms with Crippen molar-refractivity contribution in [1.82, 2.24) is 9.97 Å². The fraction of sp³-hybridized carbons (Fsp3) is 0.333. The molecule has 14 heavy (non-hydrogen) atoms. The van der Waals surface area contributed by atoms with Gasteiger partial charge in [-0.05, 0) is 6.92 Å². The first kappa shape index (κ1) is 10.3. The second kappa shape index (κ2) is 5.06. The Labute approximate surface area is 83.0 Å². The molecule has 1 heterocycles. The van der Waals surface area contributed by atoms with Gasteiger partial charge in [0, 0.05) is 12.6 Å². The summed E-state index contributed by atoms with van der Waals surface area (Å²) < 4.78 is 5.23. The average molecular weight is 194 g/mol. The fourth-order valence-corrected chi connectivity index (χ4v) is 0.933. The van der Waals surface area contributed by atoms with Crippen LogP contribution in [0.25, 0.3) is 0 Å². The maximum Gasteiger partial charge on any atom is 0.225 e. The number of nitrogen functional groups attached to an aromatic ring is 1. The van der Waals surface area contributed by atoms with Crippen molar-refractivity contribution in [1.29, 1.82) is 0 Å². The van der Waals surface area contributed by atoms with E-state index in [0.29, 0.717) is 18.3 Å². The number of rotatable bonds is 5. The van der Waals surface area contributed by atoms with Crippen LogP contribution >= 0.6 is 0 Å². The molecule has 3 N–H and O–H groups in total. The quantitative estimate of drug-likeness (QED) is 0.685. The summed E-state index contributed by atoms with van der Waals surface area (Å²) in [6.07, 6.45) is 1.64. The number of anilines is 2. The van der Waals surface area contributed by atoms with E-state index < -0.39 is 0 Å². The SMILES string of the molecule is C=CCOc1cc(NCC)nc(N)n1. The van der Waals surface area contributed by atoms with Crippen molar-refractivity contribution < 1.29 is 4.74 Å². The molecule has 0 unspecified atom stereocenters. The third-order valence-electron chi connectivity index (χ3n) is 1.43. The Morgan fingerprint density at radius 1 is 1.64 bits per heavy atom. The number of aromatic nitrogens is 2. The third kappa shape index (κ3) is 2.93. The van der Waals surface area contributed by atoms with E-state index in [4.69, 9.17) is 10.5 Å². The summed E-state index contributed by atoms with van der Waals surface area (Å²) in [6, 6.07) is 1.70. The minimum absolute atomic E-state index is 0.197. The van der Waals surface area contributed by atoms with Gasteiger partial charge in [-0.15, -0.1) is 0 Å². The molecule has 76 valence electrons. The van der Waals surface area contributed by atoms with Crippen LogP contribution in [0, 0.1) is 0 Å². The van der Waals surface area contributed by atoms with Crippen LogP contribution in [0.3, 0.4) is 0 Å². The second-order valence-electron chi connectivity index (χ2n) is 2.58. The predicted octanol–water partition coefficient (Wildman–Crippen LogP) is 1.06. The average Bonchev–Trinajstić information content (AvgIpc) is 2.14. The van der Waals surface area contributed by atoms with Crippen molar-refractivity contribution in [3.8, 4) is 5.88 Å². The molecule has 1 aromatic heterocycles. The fourth-order valence-electron chi connectivity index (χ4n) is 0.933. The zero-order valence-corrected chi connectivity index (χ0v) is 8.16. The van der Waals surface area contributed by atoms with Crippen LogP contribution in [0.2, 0.25) is 0 Å². The summed E-state index contributed by atoms with van der Waals surface area (Å²) in [5.41, 5.74) is 5.49. The Kier molecular flexibility index (Phi) is 3.72. The lowest BCUT2D eigenvalue weighted by Gasteiger charge is -2.06. The minimum Gasteiger partial charge on any atom is -0.473 e. The topological polar surface area (TPSA) is 73.1 Å². The highest BCUT2D eigenvalue weighted by Crippen LogP contribution is 2.14. The first-order valence-electron chi connectivity index (χ1n) is 4.38. The Morgan fingerprint density at radius 3 is 3.07 bits per heavy atom. The molecule has 0 fully saturated rings. The summed E-state index contributed by atoms with van der Waals surface area (Å²) in [5.74, 6) is 1.31. The van der Waals surface area contributed by atoms with Crippen LogP contribution in [0.4, 0.5) is 11.8 Å². The molecule has 0 aliphatic rings. The number of ether oxygens (including phenoxy) is 1. The molecule has 5 nitrogen and oxygen atoms in total. The standard InChI is InChI=1S/C9H14N4O/c1-3-5-14-8-6-7(11-4-2)12-9(10)13-8/h3,6H,1,4-5H2,2H3,(H3,10,11,12,13). The molecule has 1 aromatic rings. The zero-order chi connectivity index (χ0) is 10.4. The lowest BCUT2D eigenvalue weighted by atomic mass is 10.5. The van der Waals surface area contributed by atoms with E-state index in [-0.39, 0.29) is 5.95 Å². The molecule has 0 amide bonds. The van der Waals surface area contributed by atoms with E-state index in [1.807, 2.05) is 6.92 Å².